The number of fused-ring (bicyclic) bond motifs is 1. The van der Waals surface area contributed by atoms with Crippen LogP contribution in [0.3, 0.4) is 0 Å². The second-order valence-corrected chi connectivity index (χ2v) is 6.52. The maximum atomic E-state index is 12.5. The number of benzene rings is 2. The molecular weight excluding hydrogens is 396 g/mol. The van der Waals surface area contributed by atoms with E-state index in [1.807, 2.05) is 0 Å². The normalized spacial score (nSPS) is 18.1. The number of amides is 1. The van der Waals surface area contributed by atoms with Crippen LogP contribution in [0.4, 0.5) is 11.4 Å². The highest BCUT2D eigenvalue weighted by Crippen LogP contribution is 2.34. The minimum absolute atomic E-state index is 0.0479. The molecule has 0 radical (unpaired) electrons. The predicted octanol–water partition coefficient (Wildman–Crippen LogP) is 2.70. The Kier molecular flexibility index (Phi) is 6.05. The van der Waals surface area contributed by atoms with E-state index >= 15 is 0 Å². The average Bonchev–Trinajstić information content (AvgIpc) is 2.73. The fraction of sp³-hybridized carbons (Fsp3) is 0.300. The lowest BCUT2D eigenvalue weighted by Gasteiger charge is -2.30. The highest BCUT2D eigenvalue weighted by Gasteiger charge is 2.37. The molecule has 0 saturated heterocycles. The molecule has 158 valence electrons. The van der Waals surface area contributed by atoms with Crippen molar-refractivity contribution < 1.29 is 33.5 Å². The number of hydrogen-bond donors (Lipinski definition) is 1. The lowest BCUT2D eigenvalue weighted by atomic mass is 10.2. The van der Waals surface area contributed by atoms with E-state index < -0.39 is 35.1 Å². The molecule has 2 aromatic rings. The maximum absolute atomic E-state index is 12.5. The van der Waals surface area contributed by atoms with Gasteiger partial charge in [-0.3, -0.25) is 14.9 Å². The van der Waals surface area contributed by atoms with Gasteiger partial charge >= 0.3 is 5.97 Å². The number of nitro groups is 1. The third kappa shape index (κ3) is 4.43. The number of esters is 1. The number of rotatable bonds is 6. The van der Waals surface area contributed by atoms with Crippen molar-refractivity contribution in [3.8, 4) is 17.2 Å². The molecule has 1 N–H and O–H groups in total. The zero-order valence-electron chi connectivity index (χ0n) is 16.5. The van der Waals surface area contributed by atoms with Crippen molar-refractivity contribution in [3.63, 3.8) is 0 Å². The molecule has 0 bridgehead atoms. The summed E-state index contributed by atoms with van der Waals surface area (Å²) in [7, 11) is 1.37. The lowest BCUT2D eigenvalue weighted by Crippen LogP contribution is -2.46. The standard InChI is InChI=1S/C20H20N2O8/c1-11-18(30-17-7-5-4-6-16(17)28-11)20(24)29-12(2)19(23)21-14-9-8-13(27-3)10-15(14)22(25)26/h4-12,18H,1-3H3,(H,21,23). The molecule has 3 rings (SSSR count). The summed E-state index contributed by atoms with van der Waals surface area (Å²) in [5, 5.41) is 13.6. The van der Waals surface area contributed by atoms with Gasteiger partial charge in [0.15, 0.2) is 17.6 Å². The molecule has 0 aromatic heterocycles. The van der Waals surface area contributed by atoms with Crippen LogP contribution < -0.4 is 19.5 Å². The molecule has 1 aliphatic heterocycles. The van der Waals surface area contributed by atoms with E-state index in [9.17, 15) is 19.7 Å². The molecule has 0 saturated carbocycles. The lowest BCUT2D eigenvalue weighted by molar-refractivity contribution is -0.384. The number of nitro benzene ring substituents is 1. The molecule has 0 fully saturated rings. The molecular formula is C20H20N2O8. The summed E-state index contributed by atoms with van der Waals surface area (Å²) in [6, 6.07) is 10.9. The van der Waals surface area contributed by atoms with Gasteiger partial charge in [0.25, 0.3) is 11.6 Å². The van der Waals surface area contributed by atoms with Crippen LogP contribution in [0.15, 0.2) is 42.5 Å². The van der Waals surface area contributed by atoms with Crippen molar-refractivity contribution in [1.82, 2.24) is 0 Å². The van der Waals surface area contributed by atoms with Crippen LogP contribution in [-0.2, 0) is 14.3 Å². The van der Waals surface area contributed by atoms with Gasteiger partial charge in [0.1, 0.15) is 17.5 Å². The zero-order chi connectivity index (χ0) is 21.8. The van der Waals surface area contributed by atoms with Gasteiger partial charge in [-0.05, 0) is 38.1 Å². The minimum atomic E-state index is -1.23. The topological polar surface area (TPSA) is 126 Å². The number of carbonyl (C=O) groups excluding carboxylic acids is 2. The Hall–Kier alpha value is -3.82. The van der Waals surface area contributed by atoms with Gasteiger partial charge in [-0.1, -0.05) is 12.1 Å². The van der Waals surface area contributed by atoms with Crippen LogP contribution in [0.1, 0.15) is 13.8 Å². The monoisotopic (exact) mass is 416 g/mol. The van der Waals surface area contributed by atoms with Gasteiger partial charge in [0.05, 0.1) is 18.1 Å². The summed E-state index contributed by atoms with van der Waals surface area (Å²) >= 11 is 0. The van der Waals surface area contributed by atoms with Crippen LogP contribution in [0.2, 0.25) is 0 Å². The quantitative estimate of drug-likeness (QED) is 0.433. The van der Waals surface area contributed by atoms with Gasteiger partial charge < -0.3 is 24.3 Å². The van der Waals surface area contributed by atoms with Crippen LogP contribution in [0.5, 0.6) is 17.2 Å². The van der Waals surface area contributed by atoms with E-state index in [0.717, 1.165) is 0 Å². The smallest absolute Gasteiger partial charge is 0.352 e. The molecule has 3 unspecified atom stereocenters. The Morgan fingerprint density at radius 1 is 1.17 bits per heavy atom. The number of carbonyl (C=O) groups is 2. The largest absolute Gasteiger partial charge is 0.496 e. The van der Waals surface area contributed by atoms with Crippen molar-refractivity contribution in [2.24, 2.45) is 0 Å². The Labute approximate surface area is 171 Å². The van der Waals surface area contributed by atoms with Crippen molar-refractivity contribution >= 4 is 23.3 Å². The van der Waals surface area contributed by atoms with Crippen molar-refractivity contribution in [2.45, 2.75) is 32.2 Å². The first-order chi connectivity index (χ1) is 14.3. The SMILES string of the molecule is COc1ccc(NC(=O)C(C)OC(=O)C2Oc3ccccc3OC2C)c([N+](=O)[O-])c1. The molecule has 1 heterocycles. The van der Waals surface area contributed by atoms with Crippen molar-refractivity contribution in [3.05, 3.63) is 52.6 Å². The third-order valence-corrected chi connectivity index (χ3v) is 4.40. The number of para-hydroxylation sites is 2. The van der Waals surface area contributed by atoms with Gasteiger partial charge in [-0.2, -0.15) is 0 Å². The van der Waals surface area contributed by atoms with Crippen molar-refractivity contribution in [1.29, 1.82) is 0 Å². The maximum Gasteiger partial charge on any atom is 0.352 e. The molecule has 0 aliphatic carbocycles. The fourth-order valence-corrected chi connectivity index (χ4v) is 2.80. The highest BCUT2D eigenvalue weighted by atomic mass is 16.6. The first kappa shape index (κ1) is 20.9. The number of ether oxygens (including phenoxy) is 4. The van der Waals surface area contributed by atoms with E-state index in [4.69, 9.17) is 18.9 Å². The third-order valence-electron chi connectivity index (χ3n) is 4.40. The summed E-state index contributed by atoms with van der Waals surface area (Å²) in [6.07, 6.45) is -2.93. The molecule has 0 spiro atoms. The molecule has 30 heavy (non-hydrogen) atoms. The van der Waals surface area contributed by atoms with E-state index in [0.29, 0.717) is 11.5 Å². The summed E-state index contributed by atoms with van der Waals surface area (Å²) < 4.78 is 21.5. The van der Waals surface area contributed by atoms with Gasteiger partial charge in [-0.15, -0.1) is 0 Å². The highest BCUT2D eigenvalue weighted by molar-refractivity contribution is 5.97. The zero-order valence-corrected chi connectivity index (χ0v) is 16.5. The molecule has 3 atom stereocenters. The number of hydrogen-bond acceptors (Lipinski definition) is 8. The minimum Gasteiger partial charge on any atom is -0.496 e. The number of anilines is 1. The number of methoxy groups -OCH3 is 1. The second-order valence-electron chi connectivity index (χ2n) is 6.52. The summed E-state index contributed by atoms with van der Waals surface area (Å²) in [5.41, 5.74) is -0.399. The van der Waals surface area contributed by atoms with E-state index in [-0.39, 0.29) is 17.1 Å². The van der Waals surface area contributed by atoms with Crippen LogP contribution >= 0.6 is 0 Å². The number of nitrogens with one attached hydrogen (secondary N) is 1. The first-order valence-corrected chi connectivity index (χ1v) is 9.06. The molecule has 1 aliphatic rings. The van der Waals surface area contributed by atoms with Gasteiger partial charge in [-0.25, -0.2) is 4.79 Å². The van der Waals surface area contributed by atoms with Crippen LogP contribution in [-0.4, -0.2) is 42.2 Å². The van der Waals surface area contributed by atoms with E-state index in [1.54, 1.807) is 31.2 Å². The summed E-state index contributed by atoms with van der Waals surface area (Å²) in [6.45, 7) is 3.00. The Morgan fingerprint density at radius 2 is 1.83 bits per heavy atom. The summed E-state index contributed by atoms with van der Waals surface area (Å²) in [5.74, 6) is -0.358. The molecule has 10 nitrogen and oxygen atoms in total. The van der Waals surface area contributed by atoms with Gasteiger partial charge in [0, 0.05) is 0 Å². The fourth-order valence-electron chi connectivity index (χ4n) is 2.80. The van der Waals surface area contributed by atoms with Crippen LogP contribution in [0.25, 0.3) is 0 Å². The second kappa shape index (κ2) is 8.68. The predicted molar refractivity (Wildman–Crippen MR) is 105 cm³/mol. The molecule has 10 heteroatoms. The Bertz CT molecular complexity index is 977. The van der Waals surface area contributed by atoms with Crippen LogP contribution in [0, 0.1) is 10.1 Å². The molecule has 2 aromatic carbocycles. The van der Waals surface area contributed by atoms with Crippen molar-refractivity contribution in [2.75, 3.05) is 12.4 Å². The first-order valence-electron chi connectivity index (χ1n) is 9.06. The molecule has 1 amide bonds. The summed E-state index contributed by atoms with van der Waals surface area (Å²) in [4.78, 5) is 35.5. The Balaban J connectivity index is 1.66. The average molecular weight is 416 g/mol. The van der Waals surface area contributed by atoms with Gasteiger partial charge in [0.2, 0.25) is 6.10 Å². The number of nitrogens with zero attached hydrogens (tertiary/aromatic N) is 1. The van der Waals surface area contributed by atoms with E-state index in [2.05, 4.69) is 5.32 Å². The Morgan fingerprint density at radius 3 is 2.47 bits per heavy atom. The van der Waals surface area contributed by atoms with E-state index in [1.165, 1.54) is 32.2 Å².